The molecule has 4 nitrogen and oxygen atoms in total. The van der Waals surface area contributed by atoms with Crippen molar-refractivity contribution in [2.45, 2.75) is 6.42 Å². The third-order valence-electron chi connectivity index (χ3n) is 3.08. The maximum atomic E-state index is 11.6. The van der Waals surface area contributed by atoms with E-state index in [1.807, 2.05) is 31.3 Å². The van der Waals surface area contributed by atoms with Gasteiger partial charge in [-0.3, -0.25) is 9.78 Å². The molecule has 1 aromatic heterocycles. The Kier molecular flexibility index (Phi) is 2.21. The molecule has 2 heterocycles. The van der Waals surface area contributed by atoms with Gasteiger partial charge in [0, 0.05) is 25.4 Å². The zero-order valence-electron chi connectivity index (χ0n) is 9.60. The molecule has 0 unspecified atom stereocenters. The molecule has 0 aliphatic carbocycles. The molecule has 17 heavy (non-hydrogen) atoms. The second-order valence-electron chi connectivity index (χ2n) is 4.26. The van der Waals surface area contributed by atoms with Crippen molar-refractivity contribution in [2.24, 2.45) is 0 Å². The molecule has 0 saturated carbocycles. The van der Waals surface area contributed by atoms with Crippen molar-refractivity contribution in [1.82, 2.24) is 4.98 Å². The van der Waals surface area contributed by atoms with Crippen LogP contribution in [0.3, 0.4) is 0 Å². The second-order valence-corrected chi connectivity index (χ2v) is 4.26. The first kappa shape index (κ1) is 10.1. The third-order valence-corrected chi connectivity index (χ3v) is 3.08. The van der Waals surface area contributed by atoms with Gasteiger partial charge in [-0.2, -0.15) is 0 Å². The summed E-state index contributed by atoms with van der Waals surface area (Å²) in [5.41, 5.74) is 2.81. The van der Waals surface area contributed by atoms with Crippen molar-refractivity contribution in [3.05, 3.63) is 30.5 Å². The molecular weight excluding hydrogens is 214 g/mol. The number of rotatable bonds is 0. The first-order valence-corrected chi connectivity index (χ1v) is 5.64. The monoisotopic (exact) mass is 227 g/mol. The molecule has 3 rings (SSSR count). The van der Waals surface area contributed by atoms with E-state index in [2.05, 4.69) is 15.2 Å². The fourth-order valence-electron chi connectivity index (χ4n) is 2.22. The van der Waals surface area contributed by atoms with Gasteiger partial charge < -0.3 is 10.2 Å². The highest BCUT2D eigenvalue weighted by molar-refractivity contribution is 6.04. The van der Waals surface area contributed by atoms with Gasteiger partial charge in [0.1, 0.15) is 0 Å². The number of carbonyl (C=O) groups is 1. The van der Waals surface area contributed by atoms with Crippen LogP contribution in [0.5, 0.6) is 0 Å². The van der Waals surface area contributed by atoms with Crippen LogP contribution in [0.15, 0.2) is 30.5 Å². The summed E-state index contributed by atoms with van der Waals surface area (Å²) in [5, 5.41) is 3.98. The number of nitrogens with zero attached hydrogens (tertiary/aromatic N) is 2. The van der Waals surface area contributed by atoms with Gasteiger partial charge in [0.25, 0.3) is 0 Å². The van der Waals surface area contributed by atoms with Crippen LogP contribution >= 0.6 is 0 Å². The number of hydrogen-bond donors (Lipinski definition) is 1. The lowest BCUT2D eigenvalue weighted by Gasteiger charge is -2.20. The van der Waals surface area contributed by atoms with Gasteiger partial charge in [-0.15, -0.1) is 0 Å². The molecule has 0 atom stereocenters. The number of anilines is 2. The summed E-state index contributed by atoms with van der Waals surface area (Å²) in [5.74, 6) is 0.0488. The highest BCUT2D eigenvalue weighted by atomic mass is 16.1. The number of nitrogens with one attached hydrogen (secondary N) is 1. The second kappa shape index (κ2) is 3.73. The number of hydrogen-bond acceptors (Lipinski definition) is 3. The van der Waals surface area contributed by atoms with Crippen LogP contribution in [0.25, 0.3) is 10.9 Å². The SMILES string of the molecule is CN1CCC(=O)Nc2cnc3ccccc3c21. The van der Waals surface area contributed by atoms with Gasteiger partial charge in [0.05, 0.1) is 23.1 Å². The molecule has 0 spiro atoms. The Balaban J connectivity index is 2.30. The number of pyridine rings is 1. The summed E-state index contributed by atoms with van der Waals surface area (Å²) >= 11 is 0. The van der Waals surface area contributed by atoms with E-state index in [4.69, 9.17) is 0 Å². The van der Waals surface area contributed by atoms with Crippen LogP contribution in [0.1, 0.15) is 6.42 Å². The average Bonchev–Trinajstić information content (AvgIpc) is 2.49. The van der Waals surface area contributed by atoms with Crippen molar-refractivity contribution in [3.8, 4) is 0 Å². The Morgan fingerprint density at radius 2 is 2.18 bits per heavy atom. The minimum Gasteiger partial charge on any atom is -0.372 e. The summed E-state index contributed by atoms with van der Waals surface area (Å²) in [4.78, 5) is 18.0. The molecule has 4 heteroatoms. The van der Waals surface area contributed by atoms with Crippen LogP contribution in [0.2, 0.25) is 0 Å². The largest absolute Gasteiger partial charge is 0.372 e. The van der Waals surface area contributed by atoms with E-state index >= 15 is 0 Å². The Morgan fingerprint density at radius 1 is 1.35 bits per heavy atom. The molecule has 1 N–H and O–H groups in total. The number of amides is 1. The molecule has 86 valence electrons. The van der Waals surface area contributed by atoms with Crippen LogP contribution in [0, 0.1) is 0 Å². The lowest BCUT2D eigenvalue weighted by atomic mass is 10.1. The molecule has 1 aliphatic heterocycles. The average molecular weight is 227 g/mol. The van der Waals surface area contributed by atoms with Crippen LogP contribution < -0.4 is 10.2 Å². The van der Waals surface area contributed by atoms with Crippen molar-refractivity contribution in [2.75, 3.05) is 23.8 Å². The molecule has 1 aliphatic rings. The Labute approximate surface area is 99.3 Å². The van der Waals surface area contributed by atoms with Crippen molar-refractivity contribution < 1.29 is 4.79 Å². The Hall–Kier alpha value is -2.10. The van der Waals surface area contributed by atoms with Gasteiger partial charge in [0.15, 0.2) is 0 Å². The lowest BCUT2D eigenvalue weighted by Crippen LogP contribution is -2.19. The highest BCUT2D eigenvalue weighted by Gasteiger charge is 2.19. The van der Waals surface area contributed by atoms with Gasteiger partial charge >= 0.3 is 0 Å². The molecule has 0 saturated heterocycles. The zero-order valence-corrected chi connectivity index (χ0v) is 9.60. The van der Waals surface area contributed by atoms with Gasteiger partial charge in [-0.25, -0.2) is 0 Å². The molecule has 0 fully saturated rings. The molecule has 1 aromatic carbocycles. The number of fused-ring (bicyclic) bond motifs is 3. The van der Waals surface area contributed by atoms with Gasteiger partial charge in [-0.1, -0.05) is 18.2 Å². The number of aromatic nitrogens is 1. The van der Waals surface area contributed by atoms with Crippen molar-refractivity contribution >= 4 is 28.2 Å². The third kappa shape index (κ3) is 1.62. The standard InChI is InChI=1S/C13H13N3O/c1-16-7-6-12(17)15-11-8-14-10-5-3-2-4-9(10)13(11)16/h2-5,8H,6-7H2,1H3,(H,15,17). The van der Waals surface area contributed by atoms with Crippen LogP contribution in [-0.4, -0.2) is 24.5 Å². The molecular formula is C13H13N3O. The molecule has 0 radical (unpaired) electrons. The van der Waals surface area contributed by atoms with Crippen LogP contribution in [-0.2, 0) is 4.79 Å². The maximum Gasteiger partial charge on any atom is 0.226 e. The predicted octanol–water partition coefficient (Wildman–Crippen LogP) is 2.01. The highest BCUT2D eigenvalue weighted by Crippen LogP contribution is 2.34. The van der Waals surface area contributed by atoms with Crippen molar-refractivity contribution in [1.29, 1.82) is 0 Å². The summed E-state index contributed by atoms with van der Waals surface area (Å²) in [6, 6.07) is 7.98. The fraction of sp³-hybridized carbons (Fsp3) is 0.231. The fourth-order valence-corrected chi connectivity index (χ4v) is 2.22. The van der Waals surface area contributed by atoms with Crippen molar-refractivity contribution in [3.63, 3.8) is 0 Å². The topological polar surface area (TPSA) is 45.2 Å². The lowest BCUT2D eigenvalue weighted by molar-refractivity contribution is -0.115. The molecule has 2 aromatic rings. The smallest absolute Gasteiger partial charge is 0.226 e. The van der Waals surface area contributed by atoms with E-state index in [0.29, 0.717) is 6.42 Å². The zero-order chi connectivity index (χ0) is 11.8. The van der Waals surface area contributed by atoms with E-state index in [1.54, 1.807) is 6.20 Å². The van der Waals surface area contributed by atoms with Gasteiger partial charge in [-0.05, 0) is 6.07 Å². The summed E-state index contributed by atoms with van der Waals surface area (Å²) in [7, 11) is 2.01. The normalized spacial score (nSPS) is 15.4. The van der Waals surface area contributed by atoms with E-state index < -0.39 is 0 Å². The van der Waals surface area contributed by atoms with Gasteiger partial charge in [0.2, 0.25) is 5.91 Å². The van der Waals surface area contributed by atoms with E-state index in [0.717, 1.165) is 28.8 Å². The summed E-state index contributed by atoms with van der Waals surface area (Å²) in [6.45, 7) is 0.729. The number of benzene rings is 1. The Bertz CT molecular complexity index is 594. The summed E-state index contributed by atoms with van der Waals surface area (Å²) in [6.07, 6.45) is 2.25. The molecule has 0 bridgehead atoms. The predicted molar refractivity (Wildman–Crippen MR) is 68.3 cm³/mol. The summed E-state index contributed by atoms with van der Waals surface area (Å²) < 4.78 is 0. The minimum atomic E-state index is 0.0488. The minimum absolute atomic E-state index is 0.0488. The maximum absolute atomic E-state index is 11.6. The first-order valence-electron chi connectivity index (χ1n) is 5.64. The van der Waals surface area contributed by atoms with E-state index in [-0.39, 0.29) is 5.91 Å². The number of carbonyl (C=O) groups excluding carboxylic acids is 1. The first-order chi connectivity index (χ1) is 8.25. The Morgan fingerprint density at radius 3 is 3.06 bits per heavy atom. The quantitative estimate of drug-likeness (QED) is 0.748. The van der Waals surface area contributed by atoms with E-state index in [1.165, 1.54) is 0 Å². The van der Waals surface area contributed by atoms with Crippen LogP contribution in [0.4, 0.5) is 11.4 Å². The molecule has 1 amide bonds. The number of para-hydroxylation sites is 1. The van der Waals surface area contributed by atoms with E-state index in [9.17, 15) is 4.79 Å².